The number of hydrogen-bond acceptors (Lipinski definition) is 6. The summed E-state index contributed by atoms with van der Waals surface area (Å²) in [5.41, 5.74) is 5.19. The lowest BCUT2D eigenvalue weighted by Crippen LogP contribution is -2.56. The highest BCUT2D eigenvalue weighted by Gasteiger charge is 2.32. The number of nitrogens with one attached hydrogen (secondary N) is 2. The highest BCUT2D eigenvalue weighted by atomic mass is 16.5. The maximum atomic E-state index is 13.0. The summed E-state index contributed by atoms with van der Waals surface area (Å²) < 4.78 is 16.3. The number of carbonyl (C=O) groups excluding carboxylic acids is 2. The van der Waals surface area contributed by atoms with Crippen molar-refractivity contribution < 1.29 is 33.7 Å². The summed E-state index contributed by atoms with van der Waals surface area (Å²) in [6.45, 7) is 1.64. The number of hydrogen-bond donors (Lipinski definition) is 3. The molecule has 3 atom stereocenters. The standard InChI is InChI=1S/C30H32N2O7/c1-19(38-16-20-10-4-3-5-11-20)27(29(34)35)32-28(33)26(18-37-2)31-30(36)39-17-25-23-14-8-6-12-21(23)22-13-7-9-15-24(22)25/h3-15,19,25-27H,16-18H2,1-2H3,(H,31,36)(H,32,33)(H,34,35)/t19-,26?,27+/m0/s1. The van der Waals surface area contributed by atoms with E-state index in [1.807, 2.05) is 78.9 Å². The van der Waals surface area contributed by atoms with Crippen molar-refractivity contribution in [2.24, 2.45) is 0 Å². The lowest BCUT2D eigenvalue weighted by Gasteiger charge is -2.25. The Morgan fingerprint density at radius 1 is 0.872 bits per heavy atom. The van der Waals surface area contributed by atoms with E-state index >= 15 is 0 Å². The summed E-state index contributed by atoms with van der Waals surface area (Å²) in [5.74, 6) is -2.13. The molecule has 39 heavy (non-hydrogen) atoms. The van der Waals surface area contributed by atoms with Crippen molar-refractivity contribution in [3.63, 3.8) is 0 Å². The molecule has 0 bridgehead atoms. The van der Waals surface area contributed by atoms with Crippen molar-refractivity contribution in [3.8, 4) is 11.1 Å². The van der Waals surface area contributed by atoms with E-state index in [4.69, 9.17) is 14.2 Å². The zero-order valence-electron chi connectivity index (χ0n) is 21.8. The number of fused-ring (bicyclic) bond motifs is 3. The first-order chi connectivity index (χ1) is 18.9. The first-order valence-electron chi connectivity index (χ1n) is 12.7. The number of carboxylic acid groups (broad SMARTS) is 1. The van der Waals surface area contributed by atoms with Gasteiger partial charge in [-0.25, -0.2) is 9.59 Å². The van der Waals surface area contributed by atoms with Crippen molar-refractivity contribution in [2.75, 3.05) is 20.3 Å². The zero-order valence-corrected chi connectivity index (χ0v) is 21.8. The van der Waals surface area contributed by atoms with E-state index in [0.29, 0.717) is 0 Å². The maximum absolute atomic E-state index is 13.0. The predicted molar refractivity (Wildman–Crippen MR) is 144 cm³/mol. The third kappa shape index (κ3) is 6.81. The summed E-state index contributed by atoms with van der Waals surface area (Å²) >= 11 is 0. The number of carbonyl (C=O) groups is 3. The molecule has 1 unspecified atom stereocenters. The normalized spacial score (nSPS) is 14.4. The number of benzene rings is 3. The van der Waals surface area contributed by atoms with Gasteiger partial charge in [0.25, 0.3) is 0 Å². The van der Waals surface area contributed by atoms with Gasteiger partial charge >= 0.3 is 12.1 Å². The van der Waals surface area contributed by atoms with E-state index in [-0.39, 0.29) is 25.7 Å². The van der Waals surface area contributed by atoms with Gasteiger partial charge in [-0.2, -0.15) is 0 Å². The Labute approximate surface area is 227 Å². The van der Waals surface area contributed by atoms with Gasteiger partial charge < -0.3 is 30.0 Å². The van der Waals surface area contributed by atoms with Crippen LogP contribution in [0.1, 0.15) is 29.5 Å². The largest absolute Gasteiger partial charge is 0.480 e. The topological polar surface area (TPSA) is 123 Å². The molecular weight excluding hydrogens is 500 g/mol. The Morgan fingerprint density at radius 2 is 1.46 bits per heavy atom. The molecule has 1 aliphatic carbocycles. The van der Waals surface area contributed by atoms with E-state index < -0.39 is 36.2 Å². The molecule has 1 aliphatic rings. The molecule has 9 nitrogen and oxygen atoms in total. The second kappa shape index (κ2) is 13.0. The summed E-state index contributed by atoms with van der Waals surface area (Å²) in [5, 5.41) is 14.7. The van der Waals surface area contributed by atoms with Crippen LogP contribution in [-0.2, 0) is 30.4 Å². The van der Waals surface area contributed by atoms with Crippen molar-refractivity contribution in [1.82, 2.24) is 10.6 Å². The summed E-state index contributed by atoms with van der Waals surface area (Å²) in [4.78, 5) is 37.6. The van der Waals surface area contributed by atoms with Gasteiger partial charge in [0.05, 0.1) is 19.3 Å². The lowest BCUT2D eigenvalue weighted by atomic mass is 9.98. The smallest absolute Gasteiger partial charge is 0.407 e. The van der Waals surface area contributed by atoms with Crippen LogP contribution in [0.5, 0.6) is 0 Å². The minimum atomic E-state index is -1.34. The second-order valence-corrected chi connectivity index (χ2v) is 9.30. The lowest BCUT2D eigenvalue weighted by molar-refractivity contribution is -0.147. The Hall–Kier alpha value is -4.21. The number of methoxy groups -OCH3 is 1. The van der Waals surface area contributed by atoms with E-state index in [0.717, 1.165) is 27.8 Å². The molecule has 0 spiro atoms. The number of carboxylic acids is 1. The van der Waals surface area contributed by atoms with Gasteiger partial charge in [-0.15, -0.1) is 0 Å². The van der Waals surface area contributed by atoms with E-state index in [2.05, 4.69) is 10.6 Å². The summed E-state index contributed by atoms with van der Waals surface area (Å²) in [6, 6.07) is 22.7. The molecule has 204 valence electrons. The van der Waals surface area contributed by atoms with Crippen LogP contribution < -0.4 is 10.6 Å². The number of amides is 2. The first kappa shape index (κ1) is 27.8. The predicted octanol–water partition coefficient (Wildman–Crippen LogP) is 3.71. The highest BCUT2D eigenvalue weighted by Crippen LogP contribution is 2.44. The minimum Gasteiger partial charge on any atom is -0.480 e. The Balaban J connectivity index is 1.35. The molecule has 0 heterocycles. The van der Waals surface area contributed by atoms with Crippen LogP contribution in [0.15, 0.2) is 78.9 Å². The molecule has 9 heteroatoms. The maximum Gasteiger partial charge on any atom is 0.407 e. The SMILES string of the molecule is COCC(NC(=O)OCC1c2ccccc2-c2ccccc21)C(=O)N[C@@H](C(=O)O)[C@H](C)OCc1ccccc1. The molecule has 0 aliphatic heterocycles. The monoisotopic (exact) mass is 532 g/mol. The van der Waals surface area contributed by atoms with Crippen LogP contribution >= 0.6 is 0 Å². The Morgan fingerprint density at radius 3 is 2.05 bits per heavy atom. The van der Waals surface area contributed by atoms with Crippen molar-refractivity contribution in [3.05, 3.63) is 95.6 Å². The molecule has 2 amide bonds. The number of rotatable bonds is 12. The molecule has 3 aromatic rings. The average Bonchev–Trinajstić information content (AvgIpc) is 3.27. The minimum absolute atomic E-state index is 0.0727. The molecule has 0 fully saturated rings. The third-order valence-electron chi connectivity index (χ3n) is 6.67. The molecule has 0 radical (unpaired) electrons. The second-order valence-electron chi connectivity index (χ2n) is 9.30. The molecular formula is C30H32N2O7. The summed E-state index contributed by atoms with van der Waals surface area (Å²) in [7, 11) is 1.37. The van der Waals surface area contributed by atoms with Crippen LogP contribution in [-0.4, -0.2) is 61.6 Å². The molecule has 4 rings (SSSR count). The third-order valence-corrected chi connectivity index (χ3v) is 6.67. The summed E-state index contributed by atoms with van der Waals surface area (Å²) in [6.07, 6.45) is -1.65. The van der Waals surface area contributed by atoms with Crippen LogP contribution in [0.25, 0.3) is 11.1 Å². The van der Waals surface area contributed by atoms with Crippen molar-refractivity contribution in [1.29, 1.82) is 0 Å². The van der Waals surface area contributed by atoms with E-state index in [9.17, 15) is 19.5 Å². The number of alkyl carbamates (subject to hydrolysis) is 1. The molecule has 3 N–H and O–H groups in total. The van der Waals surface area contributed by atoms with Crippen molar-refractivity contribution in [2.45, 2.75) is 37.6 Å². The molecule has 3 aromatic carbocycles. The Bertz CT molecular complexity index is 1250. The quantitative estimate of drug-likeness (QED) is 0.325. The van der Waals surface area contributed by atoms with Crippen LogP contribution in [0.4, 0.5) is 4.79 Å². The first-order valence-corrected chi connectivity index (χ1v) is 12.7. The van der Waals surface area contributed by atoms with Gasteiger partial charge in [0, 0.05) is 13.0 Å². The fraction of sp³-hybridized carbons (Fsp3) is 0.300. The van der Waals surface area contributed by atoms with Gasteiger partial charge in [-0.05, 0) is 34.7 Å². The molecule has 0 saturated carbocycles. The van der Waals surface area contributed by atoms with E-state index in [1.165, 1.54) is 7.11 Å². The number of ether oxygens (including phenoxy) is 3. The average molecular weight is 533 g/mol. The van der Waals surface area contributed by atoms with Gasteiger partial charge in [0.2, 0.25) is 5.91 Å². The van der Waals surface area contributed by atoms with Crippen molar-refractivity contribution >= 4 is 18.0 Å². The fourth-order valence-corrected chi connectivity index (χ4v) is 4.66. The van der Waals surface area contributed by atoms with Gasteiger partial charge in [-0.1, -0.05) is 78.9 Å². The van der Waals surface area contributed by atoms with E-state index in [1.54, 1.807) is 6.92 Å². The van der Waals surface area contributed by atoms with Crippen LogP contribution in [0, 0.1) is 0 Å². The van der Waals surface area contributed by atoms with Gasteiger partial charge in [-0.3, -0.25) is 4.79 Å². The number of aliphatic carboxylic acids is 1. The molecule has 0 aromatic heterocycles. The van der Waals surface area contributed by atoms with Crippen LogP contribution in [0.3, 0.4) is 0 Å². The Kier molecular flexibility index (Phi) is 9.30. The fourth-order valence-electron chi connectivity index (χ4n) is 4.66. The van der Waals surface area contributed by atoms with Gasteiger partial charge in [0.1, 0.15) is 12.6 Å². The molecule has 0 saturated heterocycles. The van der Waals surface area contributed by atoms with Crippen LogP contribution in [0.2, 0.25) is 0 Å². The zero-order chi connectivity index (χ0) is 27.8. The highest BCUT2D eigenvalue weighted by molar-refractivity contribution is 5.89. The van der Waals surface area contributed by atoms with Gasteiger partial charge in [0.15, 0.2) is 6.04 Å².